The number of likely N-dealkylation sites (tertiary alicyclic amines) is 1. The average Bonchev–Trinajstić information content (AvgIpc) is 3.33. The van der Waals surface area contributed by atoms with E-state index >= 15 is 0 Å². The summed E-state index contributed by atoms with van der Waals surface area (Å²) in [6.45, 7) is 1.56. The highest BCUT2D eigenvalue weighted by Crippen LogP contribution is 2.28. The molecular weight excluding hydrogens is 392 g/mol. The standard InChI is InChI=1S/C25H24N2O2S/c28-24(21-13-5-7-15-23(21)30-18-19-10-2-1-3-11-19)26-22-14-6-4-12-20(22)25(29)27-16-8-9-17-27/h1-7,10-15H,8-9,16-18H2,(H,26,28). The number of nitrogens with zero attached hydrogens (tertiary/aromatic N) is 1. The number of carbonyl (C=O) groups excluding carboxylic acids is 2. The van der Waals surface area contributed by atoms with Crippen molar-refractivity contribution in [3.8, 4) is 0 Å². The van der Waals surface area contributed by atoms with Crippen molar-refractivity contribution < 1.29 is 9.59 Å². The summed E-state index contributed by atoms with van der Waals surface area (Å²) in [7, 11) is 0. The van der Waals surface area contributed by atoms with E-state index in [1.165, 1.54) is 5.56 Å². The quantitative estimate of drug-likeness (QED) is 0.542. The predicted octanol–water partition coefficient (Wildman–Crippen LogP) is 5.47. The second kappa shape index (κ2) is 9.63. The van der Waals surface area contributed by atoms with Gasteiger partial charge in [0.1, 0.15) is 0 Å². The Balaban J connectivity index is 1.52. The minimum absolute atomic E-state index is 0.0184. The van der Waals surface area contributed by atoms with Crippen molar-refractivity contribution in [2.45, 2.75) is 23.5 Å². The normalized spacial score (nSPS) is 13.3. The number of carbonyl (C=O) groups is 2. The van der Waals surface area contributed by atoms with Crippen LogP contribution in [0, 0.1) is 0 Å². The molecule has 4 nitrogen and oxygen atoms in total. The Labute approximate surface area is 181 Å². The van der Waals surface area contributed by atoms with Crippen LogP contribution in [0.1, 0.15) is 39.1 Å². The summed E-state index contributed by atoms with van der Waals surface area (Å²) < 4.78 is 0. The topological polar surface area (TPSA) is 49.4 Å². The van der Waals surface area contributed by atoms with Gasteiger partial charge in [-0.2, -0.15) is 0 Å². The number of thioether (sulfide) groups is 1. The maximum Gasteiger partial charge on any atom is 0.256 e. The number of anilines is 1. The Morgan fingerprint density at radius 2 is 1.43 bits per heavy atom. The molecule has 0 atom stereocenters. The van der Waals surface area contributed by atoms with Crippen LogP contribution < -0.4 is 5.32 Å². The van der Waals surface area contributed by atoms with Crippen LogP contribution in [0.2, 0.25) is 0 Å². The van der Waals surface area contributed by atoms with Crippen LogP contribution in [-0.2, 0) is 5.75 Å². The molecule has 0 spiro atoms. The van der Waals surface area contributed by atoms with Crippen molar-refractivity contribution in [2.75, 3.05) is 18.4 Å². The van der Waals surface area contributed by atoms with E-state index in [2.05, 4.69) is 17.4 Å². The van der Waals surface area contributed by atoms with E-state index in [-0.39, 0.29) is 11.8 Å². The number of para-hydroxylation sites is 1. The molecule has 0 unspecified atom stereocenters. The predicted molar refractivity (Wildman–Crippen MR) is 122 cm³/mol. The van der Waals surface area contributed by atoms with Gasteiger partial charge in [0.05, 0.1) is 16.8 Å². The Morgan fingerprint density at radius 3 is 2.20 bits per heavy atom. The van der Waals surface area contributed by atoms with E-state index < -0.39 is 0 Å². The number of nitrogens with one attached hydrogen (secondary N) is 1. The van der Waals surface area contributed by atoms with Crippen LogP contribution in [-0.4, -0.2) is 29.8 Å². The van der Waals surface area contributed by atoms with E-state index in [0.29, 0.717) is 16.8 Å². The summed E-state index contributed by atoms with van der Waals surface area (Å²) in [6, 6.07) is 25.0. The summed E-state index contributed by atoms with van der Waals surface area (Å²) >= 11 is 1.63. The summed E-state index contributed by atoms with van der Waals surface area (Å²) in [6.07, 6.45) is 2.07. The Kier molecular flexibility index (Phi) is 6.50. The monoisotopic (exact) mass is 416 g/mol. The van der Waals surface area contributed by atoms with Gasteiger partial charge in [0, 0.05) is 23.7 Å². The Bertz CT molecular complexity index is 1030. The molecule has 3 aromatic carbocycles. The largest absolute Gasteiger partial charge is 0.339 e. The number of hydrogen-bond acceptors (Lipinski definition) is 3. The SMILES string of the molecule is O=C(Nc1ccccc1C(=O)N1CCCC1)c1ccccc1SCc1ccccc1. The van der Waals surface area contributed by atoms with Crippen molar-refractivity contribution in [1.29, 1.82) is 0 Å². The summed E-state index contributed by atoms with van der Waals surface area (Å²) in [5.74, 6) is 0.567. The van der Waals surface area contributed by atoms with Crippen LogP contribution in [0.4, 0.5) is 5.69 Å². The molecule has 2 amide bonds. The van der Waals surface area contributed by atoms with Gasteiger partial charge in [0.2, 0.25) is 0 Å². The molecule has 1 fully saturated rings. The first-order valence-electron chi connectivity index (χ1n) is 10.2. The first-order valence-corrected chi connectivity index (χ1v) is 11.2. The lowest BCUT2D eigenvalue weighted by atomic mass is 10.1. The van der Waals surface area contributed by atoms with Crippen molar-refractivity contribution in [1.82, 2.24) is 4.90 Å². The summed E-state index contributed by atoms with van der Waals surface area (Å²) in [5.41, 5.74) is 2.92. The maximum atomic E-state index is 13.1. The van der Waals surface area contributed by atoms with E-state index in [4.69, 9.17) is 0 Å². The third-order valence-electron chi connectivity index (χ3n) is 5.17. The molecule has 5 heteroatoms. The van der Waals surface area contributed by atoms with Crippen LogP contribution in [0.25, 0.3) is 0 Å². The van der Waals surface area contributed by atoms with Gasteiger partial charge >= 0.3 is 0 Å². The van der Waals surface area contributed by atoms with Gasteiger partial charge in [-0.3, -0.25) is 9.59 Å². The van der Waals surface area contributed by atoms with Gasteiger partial charge in [-0.25, -0.2) is 0 Å². The zero-order chi connectivity index (χ0) is 20.8. The molecule has 1 heterocycles. The maximum absolute atomic E-state index is 13.1. The summed E-state index contributed by atoms with van der Waals surface area (Å²) in [4.78, 5) is 28.8. The Hall–Kier alpha value is -3.05. The molecule has 1 aliphatic heterocycles. The zero-order valence-electron chi connectivity index (χ0n) is 16.7. The van der Waals surface area contributed by atoms with Crippen LogP contribution in [0.5, 0.6) is 0 Å². The number of amides is 2. The second-order valence-electron chi connectivity index (χ2n) is 7.27. The molecular formula is C25H24N2O2S. The van der Waals surface area contributed by atoms with Crippen molar-refractivity contribution >= 4 is 29.3 Å². The van der Waals surface area contributed by atoms with Gasteiger partial charge < -0.3 is 10.2 Å². The molecule has 0 saturated carbocycles. The van der Waals surface area contributed by atoms with E-state index in [9.17, 15) is 9.59 Å². The zero-order valence-corrected chi connectivity index (χ0v) is 17.5. The molecule has 1 aliphatic rings. The van der Waals surface area contributed by atoms with Gasteiger partial charge in [0.15, 0.2) is 0 Å². The van der Waals surface area contributed by atoms with Gasteiger partial charge in [-0.1, -0.05) is 54.6 Å². The van der Waals surface area contributed by atoms with Crippen LogP contribution in [0.3, 0.4) is 0 Å². The lowest BCUT2D eigenvalue weighted by molar-refractivity contribution is 0.0794. The minimum atomic E-state index is -0.201. The molecule has 1 saturated heterocycles. The van der Waals surface area contributed by atoms with Crippen molar-refractivity contribution in [3.63, 3.8) is 0 Å². The highest BCUT2D eigenvalue weighted by molar-refractivity contribution is 7.98. The molecule has 0 radical (unpaired) electrons. The lowest BCUT2D eigenvalue weighted by Crippen LogP contribution is -2.28. The van der Waals surface area contributed by atoms with Gasteiger partial charge in [-0.05, 0) is 42.7 Å². The van der Waals surface area contributed by atoms with Gasteiger partial charge in [-0.15, -0.1) is 11.8 Å². The molecule has 30 heavy (non-hydrogen) atoms. The first kappa shape index (κ1) is 20.2. The molecule has 0 bridgehead atoms. The van der Waals surface area contributed by atoms with Crippen LogP contribution in [0.15, 0.2) is 83.8 Å². The third-order valence-corrected chi connectivity index (χ3v) is 6.31. The van der Waals surface area contributed by atoms with Crippen molar-refractivity contribution in [2.24, 2.45) is 0 Å². The van der Waals surface area contributed by atoms with E-state index in [0.717, 1.165) is 36.6 Å². The summed E-state index contributed by atoms with van der Waals surface area (Å²) in [5, 5.41) is 2.97. The number of hydrogen-bond donors (Lipinski definition) is 1. The smallest absolute Gasteiger partial charge is 0.256 e. The fourth-order valence-electron chi connectivity index (χ4n) is 3.57. The molecule has 0 aromatic heterocycles. The molecule has 1 N–H and O–H groups in total. The minimum Gasteiger partial charge on any atom is -0.339 e. The highest BCUT2D eigenvalue weighted by Gasteiger charge is 2.22. The fraction of sp³-hybridized carbons (Fsp3) is 0.200. The third kappa shape index (κ3) is 4.74. The fourth-order valence-corrected chi connectivity index (χ4v) is 4.58. The van der Waals surface area contributed by atoms with E-state index in [1.54, 1.807) is 23.9 Å². The molecule has 4 rings (SSSR count). The number of benzene rings is 3. The Morgan fingerprint density at radius 1 is 0.800 bits per heavy atom. The second-order valence-corrected chi connectivity index (χ2v) is 8.29. The first-order chi connectivity index (χ1) is 14.7. The van der Waals surface area contributed by atoms with E-state index in [1.807, 2.05) is 59.5 Å². The average molecular weight is 417 g/mol. The molecule has 0 aliphatic carbocycles. The van der Waals surface area contributed by atoms with Crippen molar-refractivity contribution in [3.05, 3.63) is 95.6 Å². The van der Waals surface area contributed by atoms with Crippen LogP contribution >= 0.6 is 11.8 Å². The molecule has 3 aromatic rings. The lowest BCUT2D eigenvalue weighted by Gasteiger charge is -2.18. The molecule has 152 valence electrons. The van der Waals surface area contributed by atoms with Gasteiger partial charge in [0.25, 0.3) is 11.8 Å². The highest BCUT2D eigenvalue weighted by atomic mass is 32.2. The number of rotatable bonds is 6.